The normalized spacial score (nSPS) is 11.0. The Hall–Kier alpha value is -2.09. The van der Waals surface area contributed by atoms with Crippen molar-refractivity contribution >= 4 is 34.3 Å². The molecule has 0 bridgehead atoms. The fourth-order valence-electron chi connectivity index (χ4n) is 2.52. The summed E-state index contributed by atoms with van der Waals surface area (Å²) in [5.74, 6) is -1.74. The maximum atomic E-state index is 13.7. The molecule has 0 aliphatic heterocycles. The number of amides is 1. The lowest BCUT2D eigenvalue weighted by Crippen LogP contribution is -3.10. The number of rotatable bonds is 7. The van der Waals surface area contributed by atoms with Crippen LogP contribution in [0.5, 0.6) is 0 Å². The summed E-state index contributed by atoms with van der Waals surface area (Å²) < 4.78 is 26.7. The number of quaternary nitrogens is 1. The Morgan fingerprint density at radius 3 is 2.16 bits per heavy atom. The van der Waals surface area contributed by atoms with Crippen LogP contribution in [0.25, 0.3) is 0 Å². The van der Waals surface area contributed by atoms with Crippen LogP contribution < -0.4 is 10.2 Å². The smallest absolute Gasteiger partial charge is 0.279 e. The van der Waals surface area contributed by atoms with E-state index in [1.54, 1.807) is 22.7 Å². The zero-order valence-electron chi connectivity index (χ0n) is 13.3. The van der Waals surface area contributed by atoms with Gasteiger partial charge in [0.05, 0.1) is 15.4 Å². The van der Waals surface area contributed by atoms with Gasteiger partial charge < -0.3 is 10.2 Å². The van der Waals surface area contributed by atoms with Crippen LogP contribution in [-0.2, 0) is 17.9 Å². The van der Waals surface area contributed by atoms with E-state index in [-0.39, 0.29) is 18.1 Å². The Morgan fingerprint density at radius 1 is 1.00 bits per heavy atom. The number of thiophene rings is 2. The number of benzene rings is 1. The van der Waals surface area contributed by atoms with Crippen molar-refractivity contribution in [1.29, 1.82) is 0 Å². The predicted octanol–water partition coefficient (Wildman–Crippen LogP) is 3.31. The summed E-state index contributed by atoms with van der Waals surface area (Å²) in [5, 5.41) is 6.54. The van der Waals surface area contributed by atoms with Gasteiger partial charge >= 0.3 is 0 Å². The summed E-state index contributed by atoms with van der Waals surface area (Å²) >= 11 is 3.30. The van der Waals surface area contributed by atoms with E-state index >= 15 is 0 Å². The predicted molar refractivity (Wildman–Crippen MR) is 96.9 cm³/mol. The highest BCUT2D eigenvalue weighted by molar-refractivity contribution is 7.10. The largest absolute Gasteiger partial charge is 0.319 e. The van der Waals surface area contributed by atoms with Gasteiger partial charge in [-0.3, -0.25) is 4.79 Å². The first-order valence-corrected chi connectivity index (χ1v) is 9.49. The third-order valence-corrected chi connectivity index (χ3v) is 5.38. The van der Waals surface area contributed by atoms with E-state index in [4.69, 9.17) is 0 Å². The Kier molecular flexibility index (Phi) is 5.91. The zero-order chi connectivity index (χ0) is 17.6. The van der Waals surface area contributed by atoms with Gasteiger partial charge in [-0.1, -0.05) is 12.1 Å². The standard InChI is InChI=1S/C18H16F2N2OS2/c19-13-5-6-17(16(20)9-13)21-18(23)12-22(10-14-3-1-7-24-14)11-15-4-2-8-25-15/h1-9H,10-12H2,(H,21,23)/p+1. The fraction of sp³-hybridized carbons (Fsp3) is 0.167. The van der Waals surface area contributed by atoms with E-state index in [2.05, 4.69) is 5.32 Å². The van der Waals surface area contributed by atoms with E-state index < -0.39 is 11.6 Å². The van der Waals surface area contributed by atoms with Gasteiger partial charge in [-0.2, -0.15) is 0 Å². The van der Waals surface area contributed by atoms with Crippen LogP contribution in [0.3, 0.4) is 0 Å². The molecule has 0 aliphatic carbocycles. The van der Waals surface area contributed by atoms with E-state index in [0.29, 0.717) is 0 Å². The molecule has 7 heteroatoms. The molecule has 0 saturated heterocycles. The number of nitrogens with one attached hydrogen (secondary N) is 2. The summed E-state index contributed by atoms with van der Waals surface area (Å²) in [7, 11) is 0. The van der Waals surface area contributed by atoms with Crippen molar-refractivity contribution in [3.8, 4) is 0 Å². The van der Waals surface area contributed by atoms with E-state index in [9.17, 15) is 13.6 Å². The number of halogens is 2. The van der Waals surface area contributed by atoms with Crippen molar-refractivity contribution in [2.24, 2.45) is 0 Å². The lowest BCUT2D eigenvalue weighted by molar-refractivity contribution is -0.918. The van der Waals surface area contributed by atoms with Crippen LogP contribution in [0, 0.1) is 11.6 Å². The summed E-state index contributed by atoms with van der Waals surface area (Å²) in [6.45, 7) is 1.64. The molecule has 2 heterocycles. The second-order valence-electron chi connectivity index (χ2n) is 5.61. The minimum Gasteiger partial charge on any atom is -0.319 e. The van der Waals surface area contributed by atoms with Gasteiger partial charge in [0.25, 0.3) is 5.91 Å². The Morgan fingerprint density at radius 2 is 1.64 bits per heavy atom. The molecule has 3 rings (SSSR count). The van der Waals surface area contributed by atoms with Gasteiger partial charge in [-0.05, 0) is 35.0 Å². The SMILES string of the molecule is O=C(C[NH+](Cc1cccs1)Cc1cccs1)Nc1ccc(F)cc1F. The van der Waals surface area contributed by atoms with E-state index in [1.165, 1.54) is 15.8 Å². The second kappa shape index (κ2) is 8.33. The third-order valence-electron chi connectivity index (χ3n) is 3.62. The molecule has 0 aliphatic rings. The molecule has 1 aromatic carbocycles. The van der Waals surface area contributed by atoms with Gasteiger partial charge in [0, 0.05) is 6.07 Å². The van der Waals surface area contributed by atoms with Crippen molar-refractivity contribution in [2.75, 3.05) is 11.9 Å². The molecule has 3 nitrogen and oxygen atoms in total. The topological polar surface area (TPSA) is 33.5 Å². The first-order chi connectivity index (χ1) is 12.1. The molecule has 25 heavy (non-hydrogen) atoms. The maximum Gasteiger partial charge on any atom is 0.279 e. The minimum absolute atomic E-state index is 0.00185. The van der Waals surface area contributed by atoms with Crippen molar-refractivity contribution in [1.82, 2.24) is 0 Å². The molecule has 0 atom stereocenters. The fourth-order valence-corrected chi connectivity index (χ4v) is 4.07. The summed E-state index contributed by atoms with van der Waals surface area (Å²) in [6, 6.07) is 11.2. The van der Waals surface area contributed by atoms with E-state index in [1.807, 2.05) is 35.0 Å². The lowest BCUT2D eigenvalue weighted by Gasteiger charge is -2.18. The van der Waals surface area contributed by atoms with Gasteiger partial charge in [0.1, 0.15) is 24.7 Å². The molecule has 1 amide bonds. The summed E-state index contributed by atoms with van der Waals surface area (Å²) in [6.07, 6.45) is 0. The summed E-state index contributed by atoms with van der Waals surface area (Å²) in [4.78, 5) is 15.8. The van der Waals surface area contributed by atoms with Crippen molar-refractivity contribution in [3.05, 3.63) is 74.6 Å². The van der Waals surface area contributed by atoms with Crippen LogP contribution in [0.15, 0.2) is 53.2 Å². The molecule has 2 N–H and O–H groups in total. The highest BCUT2D eigenvalue weighted by Gasteiger charge is 2.18. The average molecular weight is 379 g/mol. The Bertz CT molecular complexity index is 783. The highest BCUT2D eigenvalue weighted by Crippen LogP contribution is 2.14. The number of anilines is 1. The van der Waals surface area contributed by atoms with Gasteiger partial charge in [-0.15, -0.1) is 22.7 Å². The number of hydrogen-bond acceptors (Lipinski definition) is 3. The molecule has 3 aromatic rings. The minimum atomic E-state index is -0.772. The van der Waals surface area contributed by atoms with Crippen LogP contribution in [0.2, 0.25) is 0 Å². The number of hydrogen-bond donors (Lipinski definition) is 2. The zero-order valence-corrected chi connectivity index (χ0v) is 14.9. The molecular formula is C18H17F2N2OS2+. The van der Waals surface area contributed by atoms with Crippen LogP contribution in [-0.4, -0.2) is 12.5 Å². The molecule has 0 spiro atoms. The molecule has 0 unspecified atom stereocenters. The molecule has 0 fully saturated rings. The van der Waals surface area contributed by atoms with Crippen LogP contribution in [0.4, 0.5) is 14.5 Å². The Balaban J connectivity index is 1.66. The quantitative estimate of drug-likeness (QED) is 0.649. The van der Waals surface area contributed by atoms with Crippen LogP contribution in [0.1, 0.15) is 9.75 Å². The summed E-state index contributed by atoms with van der Waals surface area (Å²) in [5.41, 5.74) is -0.00185. The lowest BCUT2D eigenvalue weighted by atomic mass is 10.3. The third kappa shape index (κ3) is 5.19. The molecule has 2 aromatic heterocycles. The number of carbonyl (C=O) groups is 1. The van der Waals surface area contributed by atoms with Crippen molar-refractivity contribution in [3.63, 3.8) is 0 Å². The maximum absolute atomic E-state index is 13.7. The van der Waals surface area contributed by atoms with Crippen molar-refractivity contribution < 1.29 is 18.5 Å². The van der Waals surface area contributed by atoms with Crippen LogP contribution >= 0.6 is 22.7 Å². The molecule has 130 valence electrons. The van der Waals surface area contributed by atoms with E-state index in [0.717, 1.165) is 30.1 Å². The van der Waals surface area contributed by atoms with Gasteiger partial charge in [-0.25, -0.2) is 8.78 Å². The number of carbonyl (C=O) groups excluding carboxylic acids is 1. The average Bonchev–Trinajstić information content (AvgIpc) is 3.24. The molecule has 0 radical (unpaired) electrons. The Labute approximate surface area is 152 Å². The highest BCUT2D eigenvalue weighted by atomic mass is 32.1. The molecular weight excluding hydrogens is 362 g/mol. The van der Waals surface area contributed by atoms with Gasteiger partial charge in [0.15, 0.2) is 6.54 Å². The molecule has 0 saturated carbocycles. The first-order valence-electron chi connectivity index (χ1n) is 7.73. The van der Waals surface area contributed by atoms with Gasteiger partial charge in [0.2, 0.25) is 0 Å². The monoisotopic (exact) mass is 379 g/mol. The first kappa shape index (κ1) is 17.7. The van der Waals surface area contributed by atoms with Crippen molar-refractivity contribution in [2.45, 2.75) is 13.1 Å². The second-order valence-corrected chi connectivity index (χ2v) is 7.68.